The Hall–Kier alpha value is -2.35. The van der Waals surface area contributed by atoms with Crippen LogP contribution in [0.4, 0.5) is 9.18 Å². The van der Waals surface area contributed by atoms with E-state index in [-0.39, 0.29) is 5.56 Å². The van der Waals surface area contributed by atoms with Gasteiger partial charge in [-0.15, -0.1) is 0 Å². The predicted molar refractivity (Wildman–Crippen MR) is 95.1 cm³/mol. The van der Waals surface area contributed by atoms with E-state index in [9.17, 15) is 14.0 Å². The van der Waals surface area contributed by atoms with Gasteiger partial charge in [-0.05, 0) is 32.9 Å². The number of esters is 1. The number of ether oxygens (including phenoxy) is 3. The minimum absolute atomic E-state index is 0.206. The lowest BCUT2D eigenvalue weighted by Gasteiger charge is -2.38. The van der Waals surface area contributed by atoms with E-state index in [4.69, 9.17) is 15.2 Å². The number of rotatable bonds is 1. The largest absolute Gasteiger partial charge is 0.485 e. The fourth-order valence-electron chi connectivity index (χ4n) is 3.58. The Morgan fingerprint density at radius 1 is 1.37 bits per heavy atom. The van der Waals surface area contributed by atoms with Crippen LogP contribution < -0.4 is 10.5 Å². The molecule has 2 atom stereocenters. The summed E-state index contributed by atoms with van der Waals surface area (Å²) in [5, 5.41) is 0. The molecule has 0 radical (unpaired) electrons. The Morgan fingerprint density at radius 3 is 2.70 bits per heavy atom. The minimum atomic E-state index is -0.783. The molecule has 1 spiro atoms. The second-order valence-corrected chi connectivity index (χ2v) is 8.11. The van der Waals surface area contributed by atoms with Gasteiger partial charge in [0, 0.05) is 31.0 Å². The molecule has 0 saturated carbocycles. The lowest BCUT2D eigenvalue weighted by molar-refractivity contribution is 0.0143. The maximum absolute atomic E-state index is 14.2. The van der Waals surface area contributed by atoms with Gasteiger partial charge in [0.25, 0.3) is 0 Å². The average Bonchev–Trinajstić information content (AvgIpc) is 2.96. The monoisotopic (exact) mass is 380 g/mol. The molecule has 0 aromatic heterocycles. The molecule has 2 unspecified atom stereocenters. The Labute approximate surface area is 157 Å². The summed E-state index contributed by atoms with van der Waals surface area (Å²) < 4.78 is 30.4. The standard InChI is InChI=1S/C19H25FN2O5/c1-18(2,3)27-17(24)22-6-5-19(10-22)9-14(21)12-7-13(20)11(16(23)25-4)8-15(12)26-19/h7-8,14H,5-6,9-10,21H2,1-4H3. The summed E-state index contributed by atoms with van der Waals surface area (Å²) in [4.78, 5) is 25.7. The number of carbonyl (C=O) groups excluding carboxylic acids is 2. The van der Waals surface area contributed by atoms with Crippen LogP contribution in [0.25, 0.3) is 0 Å². The molecule has 8 heteroatoms. The highest BCUT2D eigenvalue weighted by molar-refractivity contribution is 5.90. The van der Waals surface area contributed by atoms with Gasteiger partial charge in [-0.2, -0.15) is 0 Å². The second-order valence-electron chi connectivity index (χ2n) is 8.11. The van der Waals surface area contributed by atoms with E-state index in [0.717, 1.165) is 0 Å². The molecule has 148 valence electrons. The molecule has 3 rings (SSSR count). The number of nitrogens with two attached hydrogens (primary N) is 1. The molecule has 2 aliphatic heterocycles. The van der Waals surface area contributed by atoms with Crippen molar-refractivity contribution in [3.8, 4) is 5.75 Å². The minimum Gasteiger partial charge on any atom is -0.485 e. The van der Waals surface area contributed by atoms with Crippen molar-refractivity contribution in [3.63, 3.8) is 0 Å². The van der Waals surface area contributed by atoms with Gasteiger partial charge in [-0.25, -0.2) is 14.0 Å². The zero-order valence-corrected chi connectivity index (χ0v) is 16.0. The van der Waals surface area contributed by atoms with Crippen molar-refractivity contribution in [1.29, 1.82) is 0 Å². The smallest absolute Gasteiger partial charge is 0.410 e. The van der Waals surface area contributed by atoms with Gasteiger partial charge in [0.15, 0.2) is 0 Å². The molecule has 2 heterocycles. The van der Waals surface area contributed by atoms with E-state index >= 15 is 0 Å². The number of benzene rings is 1. The number of fused-ring (bicyclic) bond motifs is 1. The number of likely N-dealkylation sites (tertiary alicyclic amines) is 1. The molecule has 1 amide bonds. The summed E-state index contributed by atoms with van der Waals surface area (Å²) in [5.41, 5.74) is 5.28. The molecule has 2 N–H and O–H groups in total. The maximum Gasteiger partial charge on any atom is 0.410 e. The first-order valence-electron chi connectivity index (χ1n) is 8.88. The third kappa shape index (κ3) is 3.85. The third-order valence-corrected chi connectivity index (χ3v) is 4.79. The van der Waals surface area contributed by atoms with Crippen LogP contribution in [-0.4, -0.2) is 48.4 Å². The quantitative estimate of drug-likeness (QED) is 0.754. The van der Waals surface area contributed by atoms with Gasteiger partial charge in [0.2, 0.25) is 0 Å². The average molecular weight is 380 g/mol. The number of hydrogen-bond donors (Lipinski definition) is 1. The third-order valence-electron chi connectivity index (χ3n) is 4.79. The van der Waals surface area contributed by atoms with E-state index in [0.29, 0.717) is 37.2 Å². The molecule has 2 aliphatic rings. The van der Waals surface area contributed by atoms with Gasteiger partial charge < -0.3 is 24.8 Å². The zero-order valence-electron chi connectivity index (χ0n) is 16.0. The zero-order chi connectivity index (χ0) is 20.0. The van der Waals surface area contributed by atoms with E-state index in [1.807, 2.05) is 20.8 Å². The van der Waals surface area contributed by atoms with E-state index in [2.05, 4.69) is 4.74 Å². The van der Waals surface area contributed by atoms with Crippen LogP contribution in [0, 0.1) is 5.82 Å². The first-order chi connectivity index (χ1) is 12.5. The Bertz CT molecular complexity index is 776. The van der Waals surface area contributed by atoms with Crippen molar-refractivity contribution in [1.82, 2.24) is 4.90 Å². The van der Waals surface area contributed by atoms with Crippen molar-refractivity contribution in [2.24, 2.45) is 5.73 Å². The Kier molecular flexibility index (Phi) is 4.80. The number of amides is 1. The molecule has 0 bridgehead atoms. The van der Waals surface area contributed by atoms with Gasteiger partial charge in [0.1, 0.15) is 22.8 Å². The van der Waals surface area contributed by atoms with Crippen LogP contribution in [0.5, 0.6) is 5.75 Å². The Balaban J connectivity index is 1.84. The van der Waals surface area contributed by atoms with E-state index < -0.39 is 35.1 Å². The molecule has 7 nitrogen and oxygen atoms in total. The summed E-state index contributed by atoms with van der Waals surface area (Å²) >= 11 is 0. The number of nitrogens with zero attached hydrogens (tertiary/aromatic N) is 1. The van der Waals surface area contributed by atoms with Crippen molar-refractivity contribution in [2.75, 3.05) is 20.2 Å². The molecule has 0 aliphatic carbocycles. The number of carbonyl (C=O) groups is 2. The summed E-state index contributed by atoms with van der Waals surface area (Å²) in [5.74, 6) is -1.13. The van der Waals surface area contributed by atoms with Gasteiger partial charge >= 0.3 is 12.1 Å². The van der Waals surface area contributed by atoms with Crippen molar-refractivity contribution in [3.05, 3.63) is 29.1 Å². The van der Waals surface area contributed by atoms with Gasteiger partial charge in [-0.3, -0.25) is 0 Å². The first-order valence-corrected chi connectivity index (χ1v) is 8.88. The normalized spacial score (nSPS) is 24.4. The second kappa shape index (κ2) is 6.67. The number of methoxy groups -OCH3 is 1. The molecule has 1 fully saturated rings. The summed E-state index contributed by atoms with van der Waals surface area (Å²) in [7, 11) is 1.19. The topological polar surface area (TPSA) is 91.1 Å². The SMILES string of the molecule is COC(=O)c1cc2c(cc1F)C(N)CC1(CCN(C(=O)OC(C)(C)C)C1)O2. The van der Waals surface area contributed by atoms with Crippen molar-refractivity contribution in [2.45, 2.75) is 50.9 Å². The predicted octanol–water partition coefficient (Wildman–Crippen LogP) is 2.77. The molecule has 27 heavy (non-hydrogen) atoms. The molecular formula is C19H25FN2O5. The maximum atomic E-state index is 14.2. The number of halogens is 1. The van der Waals surface area contributed by atoms with Gasteiger partial charge in [0.05, 0.1) is 19.2 Å². The summed E-state index contributed by atoms with van der Waals surface area (Å²) in [6.07, 6.45) is 0.609. The van der Waals surface area contributed by atoms with Crippen LogP contribution in [0.1, 0.15) is 55.6 Å². The fraction of sp³-hybridized carbons (Fsp3) is 0.579. The molecular weight excluding hydrogens is 355 g/mol. The molecule has 1 saturated heterocycles. The number of hydrogen-bond acceptors (Lipinski definition) is 6. The van der Waals surface area contributed by atoms with Crippen LogP contribution in [0.15, 0.2) is 12.1 Å². The van der Waals surface area contributed by atoms with Gasteiger partial charge in [-0.1, -0.05) is 0 Å². The van der Waals surface area contributed by atoms with Crippen LogP contribution in [-0.2, 0) is 9.47 Å². The Morgan fingerprint density at radius 2 is 2.07 bits per heavy atom. The molecule has 1 aromatic rings. The van der Waals surface area contributed by atoms with Crippen LogP contribution in [0.3, 0.4) is 0 Å². The van der Waals surface area contributed by atoms with Crippen LogP contribution >= 0.6 is 0 Å². The van der Waals surface area contributed by atoms with E-state index in [1.165, 1.54) is 19.2 Å². The van der Waals surface area contributed by atoms with Crippen molar-refractivity contribution >= 4 is 12.1 Å². The fourth-order valence-corrected chi connectivity index (χ4v) is 3.58. The lowest BCUT2D eigenvalue weighted by Crippen LogP contribution is -2.46. The van der Waals surface area contributed by atoms with E-state index in [1.54, 1.807) is 4.90 Å². The highest BCUT2D eigenvalue weighted by atomic mass is 19.1. The summed E-state index contributed by atoms with van der Waals surface area (Å²) in [6.45, 7) is 6.22. The lowest BCUT2D eigenvalue weighted by atomic mass is 9.86. The van der Waals surface area contributed by atoms with Crippen molar-refractivity contribution < 1.29 is 28.2 Å². The molecule has 1 aromatic carbocycles. The highest BCUT2D eigenvalue weighted by Gasteiger charge is 2.47. The first kappa shape index (κ1) is 19.4. The van der Waals surface area contributed by atoms with Crippen LogP contribution in [0.2, 0.25) is 0 Å². The highest BCUT2D eigenvalue weighted by Crippen LogP contribution is 2.44. The summed E-state index contributed by atoms with van der Waals surface area (Å²) in [6, 6.07) is 2.08.